The highest BCUT2D eigenvalue weighted by molar-refractivity contribution is 6.21. The molecule has 1 unspecified atom stereocenters. The molecule has 0 amide bonds. The van der Waals surface area contributed by atoms with Gasteiger partial charge in [0.05, 0.1) is 7.11 Å². The quantitative estimate of drug-likeness (QED) is 0.860. The van der Waals surface area contributed by atoms with E-state index >= 15 is 0 Å². The predicted octanol–water partition coefficient (Wildman–Crippen LogP) is 2.42. The summed E-state index contributed by atoms with van der Waals surface area (Å²) in [5.74, 6) is -1.08. The SMILES string of the molecule is COC(=O)C(C)(C)C1(O)C(=O)c2cccc3cccc1c23. The van der Waals surface area contributed by atoms with Crippen molar-refractivity contribution in [1.29, 1.82) is 0 Å². The molecule has 0 saturated carbocycles. The van der Waals surface area contributed by atoms with Crippen molar-refractivity contribution < 1.29 is 19.4 Å². The van der Waals surface area contributed by atoms with Gasteiger partial charge in [-0.1, -0.05) is 36.4 Å². The average Bonchev–Trinajstić information content (AvgIpc) is 2.72. The molecule has 4 nitrogen and oxygen atoms in total. The van der Waals surface area contributed by atoms with Gasteiger partial charge in [0.25, 0.3) is 0 Å². The van der Waals surface area contributed by atoms with Gasteiger partial charge in [0.2, 0.25) is 5.78 Å². The van der Waals surface area contributed by atoms with Crippen LogP contribution in [0.25, 0.3) is 10.8 Å². The highest BCUT2D eigenvalue weighted by Gasteiger charge is 2.59. The minimum absolute atomic E-state index is 0.447. The number of carbonyl (C=O) groups excluding carboxylic acids is 2. The van der Waals surface area contributed by atoms with Crippen LogP contribution in [0, 0.1) is 5.41 Å². The second kappa shape index (κ2) is 4.15. The van der Waals surface area contributed by atoms with E-state index in [-0.39, 0.29) is 0 Å². The fourth-order valence-corrected chi connectivity index (χ4v) is 3.17. The van der Waals surface area contributed by atoms with E-state index in [2.05, 4.69) is 0 Å². The van der Waals surface area contributed by atoms with E-state index in [0.717, 1.165) is 5.39 Å². The molecule has 0 heterocycles. The van der Waals surface area contributed by atoms with Crippen molar-refractivity contribution >= 4 is 22.5 Å². The number of rotatable bonds is 2. The molecule has 1 aliphatic rings. The van der Waals surface area contributed by atoms with Crippen LogP contribution in [0.5, 0.6) is 0 Å². The monoisotopic (exact) mass is 284 g/mol. The molecule has 0 aromatic heterocycles. The largest absolute Gasteiger partial charge is 0.469 e. The molecule has 3 rings (SSSR count). The fourth-order valence-electron chi connectivity index (χ4n) is 3.17. The van der Waals surface area contributed by atoms with Gasteiger partial charge in [0.15, 0.2) is 5.60 Å². The number of carbonyl (C=O) groups is 2. The summed E-state index contributed by atoms with van der Waals surface area (Å²) in [6, 6.07) is 10.7. The lowest BCUT2D eigenvalue weighted by Crippen LogP contribution is -2.51. The topological polar surface area (TPSA) is 63.6 Å². The van der Waals surface area contributed by atoms with Crippen molar-refractivity contribution in [2.75, 3.05) is 7.11 Å². The Morgan fingerprint density at radius 2 is 1.81 bits per heavy atom. The molecule has 0 radical (unpaired) electrons. The van der Waals surface area contributed by atoms with E-state index in [4.69, 9.17) is 4.74 Å². The molecular weight excluding hydrogens is 268 g/mol. The Hall–Kier alpha value is -2.20. The molecule has 108 valence electrons. The average molecular weight is 284 g/mol. The van der Waals surface area contributed by atoms with Crippen LogP contribution >= 0.6 is 0 Å². The lowest BCUT2D eigenvalue weighted by Gasteiger charge is -2.36. The van der Waals surface area contributed by atoms with Gasteiger partial charge in [0.1, 0.15) is 5.41 Å². The van der Waals surface area contributed by atoms with Gasteiger partial charge in [-0.3, -0.25) is 9.59 Å². The van der Waals surface area contributed by atoms with Crippen LogP contribution < -0.4 is 0 Å². The molecule has 21 heavy (non-hydrogen) atoms. The zero-order chi connectivity index (χ0) is 15.4. The number of ketones is 1. The summed E-state index contributed by atoms with van der Waals surface area (Å²) in [6.45, 7) is 3.06. The normalized spacial score (nSPS) is 20.9. The van der Waals surface area contributed by atoms with Gasteiger partial charge in [0, 0.05) is 11.1 Å². The van der Waals surface area contributed by atoms with Crippen molar-refractivity contribution in [2.45, 2.75) is 19.4 Å². The van der Waals surface area contributed by atoms with Gasteiger partial charge in [-0.05, 0) is 24.6 Å². The Bertz CT molecular complexity index is 770. The van der Waals surface area contributed by atoms with E-state index in [1.165, 1.54) is 21.0 Å². The molecular formula is C17H16O4. The Balaban J connectivity index is 2.36. The third-order valence-electron chi connectivity index (χ3n) is 4.47. The smallest absolute Gasteiger partial charge is 0.315 e. The maximum absolute atomic E-state index is 12.8. The van der Waals surface area contributed by atoms with Crippen LogP contribution in [-0.4, -0.2) is 24.0 Å². The highest BCUT2D eigenvalue weighted by Crippen LogP contribution is 2.50. The Morgan fingerprint density at radius 1 is 1.19 bits per heavy atom. The Morgan fingerprint density at radius 3 is 2.43 bits per heavy atom. The Kier molecular flexibility index (Phi) is 2.72. The van der Waals surface area contributed by atoms with Gasteiger partial charge >= 0.3 is 5.97 Å². The first-order valence-electron chi connectivity index (χ1n) is 6.73. The van der Waals surface area contributed by atoms with Gasteiger partial charge in [-0.25, -0.2) is 0 Å². The van der Waals surface area contributed by atoms with Crippen LogP contribution in [0.15, 0.2) is 36.4 Å². The van der Waals surface area contributed by atoms with Crippen LogP contribution in [0.2, 0.25) is 0 Å². The summed E-state index contributed by atoms with van der Waals surface area (Å²) < 4.78 is 4.78. The number of methoxy groups -OCH3 is 1. The first-order valence-corrected chi connectivity index (χ1v) is 6.73. The first kappa shape index (κ1) is 13.8. The standard InChI is InChI=1S/C17H16O4/c1-16(2,15(19)21-3)17(20)12-9-5-7-10-6-4-8-11(13(10)12)14(17)18/h4-9,20H,1-3H3. The number of esters is 1. The first-order chi connectivity index (χ1) is 9.85. The molecule has 2 aromatic carbocycles. The number of hydrogen-bond acceptors (Lipinski definition) is 4. The van der Waals surface area contributed by atoms with Crippen LogP contribution in [0.4, 0.5) is 0 Å². The third kappa shape index (κ3) is 1.48. The lowest BCUT2D eigenvalue weighted by molar-refractivity contribution is -0.164. The van der Waals surface area contributed by atoms with E-state index in [9.17, 15) is 14.7 Å². The molecule has 1 atom stereocenters. The van der Waals surface area contributed by atoms with Crippen LogP contribution in [0.3, 0.4) is 0 Å². The molecule has 0 bridgehead atoms. The van der Waals surface area contributed by atoms with Crippen molar-refractivity contribution in [3.8, 4) is 0 Å². The number of ether oxygens (including phenoxy) is 1. The second-order valence-corrected chi connectivity index (χ2v) is 5.87. The maximum atomic E-state index is 12.8. The number of Topliss-reactive ketones (excluding diaryl/α,β-unsaturated/α-hetero) is 1. The summed E-state index contributed by atoms with van der Waals surface area (Å²) >= 11 is 0. The Labute approximate surface area is 122 Å². The summed E-state index contributed by atoms with van der Waals surface area (Å²) in [7, 11) is 1.25. The van der Waals surface area contributed by atoms with E-state index < -0.39 is 22.8 Å². The fraction of sp³-hybridized carbons (Fsp3) is 0.294. The van der Waals surface area contributed by atoms with Crippen LogP contribution in [0.1, 0.15) is 29.8 Å². The van der Waals surface area contributed by atoms with Crippen molar-refractivity contribution in [2.24, 2.45) is 5.41 Å². The van der Waals surface area contributed by atoms with Crippen molar-refractivity contribution in [3.05, 3.63) is 47.5 Å². The number of benzene rings is 2. The van der Waals surface area contributed by atoms with E-state index in [1.807, 2.05) is 12.1 Å². The summed E-state index contributed by atoms with van der Waals surface area (Å²) in [6.07, 6.45) is 0. The highest BCUT2D eigenvalue weighted by atomic mass is 16.5. The summed E-state index contributed by atoms with van der Waals surface area (Å²) in [4.78, 5) is 24.9. The molecule has 4 heteroatoms. The van der Waals surface area contributed by atoms with Gasteiger partial charge < -0.3 is 9.84 Å². The minimum Gasteiger partial charge on any atom is -0.469 e. The molecule has 0 spiro atoms. The van der Waals surface area contributed by atoms with E-state index in [1.54, 1.807) is 24.3 Å². The number of aliphatic hydroxyl groups is 1. The molecule has 1 N–H and O–H groups in total. The van der Waals surface area contributed by atoms with Gasteiger partial charge in [-0.15, -0.1) is 0 Å². The van der Waals surface area contributed by atoms with Crippen molar-refractivity contribution in [3.63, 3.8) is 0 Å². The van der Waals surface area contributed by atoms with Crippen molar-refractivity contribution in [1.82, 2.24) is 0 Å². The second-order valence-electron chi connectivity index (χ2n) is 5.87. The lowest BCUT2D eigenvalue weighted by atomic mass is 9.70. The molecule has 0 aliphatic heterocycles. The minimum atomic E-state index is -1.91. The van der Waals surface area contributed by atoms with Crippen LogP contribution in [-0.2, 0) is 15.1 Å². The zero-order valence-corrected chi connectivity index (χ0v) is 12.1. The molecule has 2 aromatic rings. The van der Waals surface area contributed by atoms with Gasteiger partial charge in [-0.2, -0.15) is 0 Å². The maximum Gasteiger partial charge on any atom is 0.315 e. The molecule has 0 fully saturated rings. The molecule has 1 aliphatic carbocycles. The zero-order valence-electron chi connectivity index (χ0n) is 12.1. The molecule has 0 saturated heterocycles. The third-order valence-corrected chi connectivity index (χ3v) is 4.47. The summed E-state index contributed by atoms with van der Waals surface area (Å²) in [5.41, 5.74) is -2.38. The predicted molar refractivity (Wildman–Crippen MR) is 78.0 cm³/mol. The van der Waals surface area contributed by atoms with E-state index in [0.29, 0.717) is 16.5 Å². The summed E-state index contributed by atoms with van der Waals surface area (Å²) in [5, 5.41) is 12.8. The number of hydrogen-bond donors (Lipinski definition) is 1.